The average Bonchev–Trinajstić information content (AvgIpc) is 2.75. The van der Waals surface area contributed by atoms with E-state index in [4.69, 9.17) is 10.5 Å². The lowest BCUT2D eigenvalue weighted by molar-refractivity contribution is 0.233. The lowest BCUT2D eigenvalue weighted by atomic mass is 10.3. The third kappa shape index (κ3) is 4.30. The zero-order valence-electron chi connectivity index (χ0n) is 11.4. The van der Waals surface area contributed by atoms with Crippen LogP contribution in [-0.2, 0) is 13.6 Å². The number of hydrogen-bond acceptors (Lipinski definition) is 4. The Morgan fingerprint density at radius 1 is 1.42 bits per heavy atom. The van der Waals surface area contributed by atoms with Gasteiger partial charge in [0.2, 0.25) is 0 Å². The molecular weight excluding hydrogens is 240 g/mol. The van der Waals surface area contributed by atoms with Gasteiger partial charge < -0.3 is 10.5 Å². The van der Waals surface area contributed by atoms with Crippen LogP contribution in [0.2, 0.25) is 0 Å². The minimum absolute atomic E-state index is 0.639. The van der Waals surface area contributed by atoms with Crippen molar-refractivity contribution in [2.45, 2.75) is 6.54 Å². The topological polar surface area (TPSA) is 56.3 Å². The van der Waals surface area contributed by atoms with Gasteiger partial charge in [-0.3, -0.25) is 9.58 Å². The van der Waals surface area contributed by atoms with Crippen molar-refractivity contribution < 1.29 is 4.74 Å². The summed E-state index contributed by atoms with van der Waals surface area (Å²) in [6.07, 6.45) is 3.91. The van der Waals surface area contributed by atoms with Gasteiger partial charge in [0.15, 0.2) is 0 Å². The van der Waals surface area contributed by atoms with Gasteiger partial charge in [0.05, 0.1) is 6.20 Å². The van der Waals surface area contributed by atoms with Gasteiger partial charge in [-0.15, -0.1) is 0 Å². The number of aryl methyl sites for hydroxylation is 1. The van der Waals surface area contributed by atoms with Crippen LogP contribution in [0, 0.1) is 0 Å². The maximum Gasteiger partial charge on any atom is 0.121 e. The molecule has 0 aliphatic rings. The normalized spacial score (nSPS) is 10.9. The van der Waals surface area contributed by atoms with Crippen molar-refractivity contribution in [2.75, 3.05) is 25.9 Å². The molecule has 1 aromatic carbocycles. The van der Waals surface area contributed by atoms with E-state index in [9.17, 15) is 0 Å². The quantitative estimate of drug-likeness (QED) is 0.800. The minimum Gasteiger partial charge on any atom is -0.492 e. The van der Waals surface area contributed by atoms with Gasteiger partial charge in [0.1, 0.15) is 12.4 Å². The first-order valence-electron chi connectivity index (χ1n) is 6.28. The van der Waals surface area contributed by atoms with Gasteiger partial charge in [0.25, 0.3) is 0 Å². The first-order chi connectivity index (χ1) is 9.13. The SMILES string of the molecule is CN(CCOc1cccc(N)c1)Cc1cnn(C)c1. The molecule has 0 amide bonds. The van der Waals surface area contributed by atoms with Crippen molar-refractivity contribution in [3.05, 3.63) is 42.2 Å². The molecule has 0 radical (unpaired) electrons. The summed E-state index contributed by atoms with van der Waals surface area (Å²) < 4.78 is 7.47. The second-order valence-corrected chi connectivity index (χ2v) is 4.68. The van der Waals surface area contributed by atoms with Crippen LogP contribution >= 0.6 is 0 Å². The highest BCUT2D eigenvalue weighted by molar-refractivity contribution is 5.43. The van der Waals surface area contributed by atoms with Gasteiger partial charge in [-0.05, 0) is 19.2 Å². The van der Waals surface area contributed by atoms with E-state index in [0.29, 0.717) is 6.61 Å². The van der Waals surface area contributed by atoms with E-state index >= 15 is 0 Å². The molecule has 1 heterocycles. The fourth-order valence-corrected chi connectivity index (χ4v) is 1.87. The first-order valence-corrected chi connectivity index (χ1v) is 6.28. The number of nitrogens with zero attached hydrogens (tertiary/aromatic N) is 3. The summed E-state index contributed by atoms with van der Waals surface area (Å²) in [5.41, 5.74) is 7.62. The molecule has 0 aliphatic carbocycles. The molecule has 0 spiro atoms. The molecule has 5 heteroatoms. The Bertz CT molecular complexity index is 524. The Balaban J connectivity index is 1.73. The molecule has 5 nitrogen and oxygen atoms in total. The second-order valence-electron chi connectivity index (χ2n) is 4.68. The van der Waals surface area contributed by atoms with Gasteiger partial charge in [-0.1, -0.05) is 6.07 Å². The number of ether oxygens (including phenoxy) is 1. The fraction of sp³-hybridized carbons (Fsp3) is 0.357. The molecule has 0 atom stereocenters. The van der Waals surface area contributed by atoms with E-state index < -0.39 is 0 Å². The van der Waals surface area contributed by atoms with E-state index in [1.54, 1.807) is 0 Å². The number of likely N-dealkylation sites (N-methyl/N-ethyl adjacent to an activating group) is 1. The minimum atomic E-state index is 0.639. The van der Waals surface area contributed by atoms with Crippen molar-refractivity contribution in [2.24, 2.45) is 7.05 Å². The van der Waals surface area contributed by atoms with E-state index in [2.05, 4.69) is 17.0 Å². The second kappa shape index (κ2) is 6.24. The number of benzene rings is 1. The maximum atomic E-state index is 5.69. The van der Waals surface area contributed by atoms with Crippen LogP contribution < -0.4 is 10.5 Å². The summed E-state index contributed by atoms with van der Waals surface area (Å²) in [5, 5.41) is 4.15. The van der Waals surface area contributed by atoms with Crippen LogP contribution in [0.25, 0.3) is 0 Å². The third-order valence-electron chi connectivity index (χ3n) is 2.81. The van der Waals surface area contributed by atoms with E-state index in [0.717, 1.165) is 24.5 Å². The highest BCUT2D eigenvalue weighted by atomic mass is 16.5. The molecule has 2 aromatic rings. The smallest absolute Gasteiger partial charge is 0.121 e. The monoisotopic (exact) mass is 260 g/mol. The highest BCUT2D eigenvalue weighted by Gasteiger charge is 2.02. The van der Waals surface area contributed by atoms with E-state index in [1.807, 2.05) is 48.4 Å². The number of anilines is 1. The Labute approximate surface area is 113 Å². The molecule has 0 fully saturated rings. The summed E-state index contributed by atoms with van der Waals surface area (Å²) in [4.78, 5) is 2.20. The number of rotatable bonds is 6. The molecule has 0 unspecified atom stereocenters. The molecule has 0 aliphatic heterocycles. The maximum absolute atomic E-state index is 5.69. The van der Waals surface area contributed by atoms with Crippen LogP contribution in [-0.4, -0.2) is 34.9 Å². The van der Waals surface area contributed by atoms with Crippen molar-refractivity contribution in [1.29, 1.82) is 0 Å². The van der Waals surface area contributed by atoms with Crippen molar-refractivity contribution in [1.82, 2.24) is 14.7 Å². The lowest BCUT2D eigenvalue weighted by Gasteiger charge is -2.16. The summed E-state index contributed by atoms with van der Waals surface area (Å²) in [5.74, 6) is 0.815. The molecular formula is C14H20N4O. The number of hydrogen-bond donors (Lipinski definition) is 1. The Hall–Kier alpha value is -2.01. The summed E-state index contributed by atoms with van der Waals surface area (Å²) in [6.45, 7) is 2.36. The third-order valence-corrected chi connectivity index (χ3v) is 2.81. The standard InChI is InChI=1S/C14H20N4O/c1-17(10-12-9-16-18(2)11-12)6-7-19-14-5-3-4-13(15)8-14/h3-5,8-9,11H,6-7,10,15H2,1-2H3. The summed E-state index contributed by atoms with van der Waals surface area (Å²) >= 11 is 0. The molecule has 2 rings (SSSR count). The molecule has 0 saturated heterocycles. The zero-order chi connectivity index (χ0) is 13.7. The van der Waals surface area contributed by atoms with Crippen molar-refractivity contribution in [3.8, 4) is 5.75 Å². The van der Waals surface area contributed by atoms with Crippen LogP contribution in [0.1, 0.15) is 5.56 Å². The van der Waals surface area contributed by atoms with Gasteiger partial charge in [-0.2, -0.15) is 5.10 Å². The van der Waals surface area contributed by atoms with Crippen molar-refractivity contribution in [3.63, 3.8) is 0 Å². The van der Waals surface area contributed by atoms with Crippen LogP contribution in [0.15, 0.2) is 36.7 Å². The summed E-state index contributed by atoms with van der Waals surface area (Å²) in [7, 11) is 3.99. The van der Waals surface area contributed by atoms with E-state index in [-0.39, 0.29) is 0 Å². The first kappa shape index (κ1) is 13.4. The number of nitrogen functional groups attached to an aromatic ring is 1. The van der Waals surface area contributed by atoms with Gasteiger partial charge in [-0.25, -0.2) is 0 Å². The fourth-order valence-electron chi connectivity index (χ4n) is 1.87. The largest absolute Gasteiger partial charge is 0.492 e. The zero-order valence-corrected chi connectivity index (χ0v) is 11.4. The van der Waals surface area contributed by atoms with Gasteiger partial charge >= 0.3 is 0 Å². The molecule has 102 valence electrons. The van der Waals surface area contributed by atoms with Gasteiger partial charge in [0, 0.05) is 43.7 Å². The Morgan fingerprint density at radius 3 is 2.95 bits per heavy atom. The molecule has 1 aromatic heterocycles. The Kier molecular flexibility index (Phi) is 4.41. The number of nitrogens with two attached hydrogens (primary N) is 1. The van der Waals surface area contributed by atoms with Crippen LogP contribution in [0.4, 0.5) is 5.69 Å². The molecule has 19 heavy (non-hydrogen) atoms. The lowest BCUT2D eigenvalue weighted by Crippen LogP contribution is -2.23. The predicted molar refractivity (Wildman–Crippen MR) is 75.9 cm³/mol. The Morgan fingerprint density at radius 2 is 2.26 bits per heavy atom. The van der Waals surface area contributed by atoms with E-state index in [1.165, 1.54) is 5.56 Å². The average molecular weight is 260 g/mol. The number of aromatic nitrogens is 2. The molecule has 0 saturated carbocycles. The summed E-state index contributed by atoms with van der Waals surface area (Å²) in [6, 6.07) is 7.49. The van der Waals surface area contributed by atoms with Crippen LogP contribution in [0.5, 0.6) is 5.75 Å². The van der Waals surface area contributed by atoms with Crippen molar-refractivity contribution >= 4 is 5.69 Å². The molecule has 2 N–H and O–H groups in total. The predicted octanol–water partition coefficient (Wildman–Crippen LogP) is 1.51. The molecule has 0 bridgehead atoms. The van der Waals surface area contributed by atoms with Crippen LogP contribution in [0.3, 0.4) is 0 Å². The highest BCUT2D eigenvalue weighted by Crippen LogP contribution is 2.14.